The summed E-state index contributed by atoms with van der Waals surface area (Å²) in [6.45, 7) is 2.30. The van der Waals surface area contributed by atoms with Gasteiger partial charge in [0.2, 0.25) is 0 Å². The van der Waals surface area contributed by atoms with Gasteiger partial charge in [-0.05, 0) is 14.1 Å². The van der Waals surface area contributed by atoms with Crippen molar-refractivity contribution in [2.75, 3.05) is 45.2 Å². The maximum atomic E-state index is 12.2. The van der Waals surface area contributed by atoms with Crippen LogP contribution >= 0.6 is 0 Å². The van der Waals surface area contributed by atoms with Crippen LogP contribution in [0, 0.1) is 11.3 Å². The molecule has 8 nitrogen and oxygen atoms in total. The van der Waals surface area contributed by atoms with Crippen molar-refractivity contribution in [1.82, 2.24) is 14.0 Å². The normalized spacial score (nSPS) is 18.5. The summed E-state index contributed by atoms with van der Waals surface area (Å²) in [4.78, 5) is 28.2. The van der Waals surface area contributed by atoms with E-state index in [-0.39, 0.29) is 11.7 Å². The molecule has 0 spiro atoms. The molecule has 1 saturated heterocycles. The number of likely N-dealkylation sites (N-methyl/N-ethyl adjacent to an activating group) is 1. The summed E-state index contributed by atoms with van der Waals surface area (Å²) in [6.07, 6.45) is -0.0329. The molecule has 1 fully saturated rings. The number of nitrogens with zero attached hydrogens (tertiary/aromatic N) is 5. The molecule has 8 heteroatoms. The van der Waals surface area contributed by atoms with Gasteiger partial charge < -0.3 is 14.5 Å². The van der Waals surface area contributed by atoms with Crippen molar-refractivity contribution >= 4 is 5.82 Å². The first kappa shape index (κ1) is 16.3. The van der Waals surface area contributed by atoms with Gasteiger partial charge in [0.05, 0.1) is 12.7 Å². The van der Waals surface area contributed by atoms with Crippen LogP contribution in [0.15, 0.2) is 9.59 Å². The molecule has 1 unspecified atom stereocenters. The largest absolute Gasteiger partial charge is 0.373 e. The molecule has 0 aromatic carbocycles. The van der Waals surface area contributed by atoms with Crippen LogP contribution in [0.1, 0.15) is 5.56 Å². The minimum absolute atomic E-state index is 0.00453. The number of ether oxygens (including phenoxy) is 1. The summed E-state index contributed by atoms with van der Waals surface area (Å²) in [6, 6.07) is 1.94. The van der Waals surface area contributed by atoms with E-state index in [2.05, 4.69) is 0 Å². The second-order valence-corrected chi connectivity index (χ2v) is 5.72. The Morgan fingerprint density at radius 1 is 1.32 bits per heavy atom. The number of rotatable bonds is 3. The van der Waals surface area contributed by atoms with Gasteiger partial charge in [0.25, 0.3) is 5.56 Å². The van der Waals surface area contributed by atoms with Gasteiger partial charge in [0.1, 0.15) is 11.9 Å². The van der Waals surface area contributed by atoms with Crippen molar-refractivity contribution < 1.29 is 4.74 Å². The van der Waals surface area contributed by atoms with E-state index in [1.54, 1.807) is 7.05 Å². The van der Waals surface area contributed by atoms with Gasteiger partial charge >= 0.3 is 5.69 Å². The first-order valence-electron chi connectivity index (χ1n) is 7.08. The average molecular weight is 307 g/mol. The molecule has 0 saturated carbocycles. The maximum Gasteiger partial charge on any atom is 0.332 e. The Labute approximate surface area is 128 Å². The third-order valence-electron chi connectivity index (χ3n) is 3.75. The van der Waals surface area contributed by atoms with Gasteiger partial charge in [-0.2, -0.15) is 5.26 Å². The molecule has 2 rings (SSSR count). The minimum atomic E-state index is -0.559. The van der Waals surface area contributed by atoms with Gasteiger partial charge in [-0.3, -0.25) is 13.9 Å². The van der Waals surface area contributed by atoms with E-state index in [4.69, 9.17) is 4.74 Å². The summed E-state index contributed by atoms with van der Waals surface area (Å²) in [5.74, 6) is 0.377. The van der Waals surface area contributed by atoms with Crippen molar-refractivity contribution in [3.05, 3.63) is 26.4 Å². The molecule has 0 radical (unpaired) electrons. The predicted octanol–water partition coefficient (Wildman–Crippen LogP) is -1.28. The zero-order valence-corrected chi connectivity index (χ0v) is 13.4. The lowest BCUT2D eigenvalue weighted by Crippen LogP contribution is -2.50. The number of anilines is 1. The molecule has 1 aliphatic rings. The zero-order valence-electron chi connectivity index (χ0n) is 13.4. The molecule has 1 aliphatic heterocycles. The molecule has 0 aliphatic carbocycles. The standard InChI is InChI=1S/C14H21N5O3/c1-16(2)8-10-9-19(5-6-22-10)12-11(7-15)13(20)18(4)14(21)17(12)3/h10H,5-6,8-9H2,1-4H3. The fraction of sp³-hybridized carbons (Fsp3) is 0.643. The number of morpholine rings is 1. The molecule has 1 aromatic rings. The van der Waals surface area contributed by atoms with Gasteiger partial charge in [-0.15, -0.1) is 0 Å². The summed E-state index contributed by atoms with van der Waals surface area (Å²) >= 11 is 0. The second kappa shape index (κ2) is 6.34. The Hall–Kier alpha value is -2.11. The lowest BCUT2D eigenvalue weighted by molar-refractivity contribution is 0.0243. The van der Waals surface area contributed by atoms with E-state index < -0.39 is 11.2 Å². The maximum absolute atomic E-state index is 12.2. The lowest BCUT2D eigenvalue weighted by Gasteiger charge is -2.36. The van der Waals surface area contributed by atoms with Crippen molar-refractivity contribution in [2.24, 2.45) is 14.1 Å². The predicted molar refractivity (Wildman–Crippen MR) is 82.1 cm³/mol. The fourth-order valence-corrected chi connectivity index (χ4v) is 2.73. The van der Waals surface area contributed by atoms with E-state index in [1.165, 1.54) is 11.6 Å². The minimum Gasteiger partial charge on any atom is -0.373 e. The van der Waals surface area contributed by atoms with Crippen molar-refractivity contribution in [3.63, 3.8) is 0 Å². The third kappa shape index (κ3) is 2.91. The van der Waals surface area contributed by atoms with Crippen LogP contribution in [0.2, 0.25) is 0 Å². The van der Waals surface area contributed by atoms with Crippen molar-refractivity contribution in [3.8, 4) is 6.07 Å². The Balaban J connectivity index is 2.46. The van der Waals surface area contributed by atoms with E-state index in [1.807, 2.05) is 30.0 Å². The van der Waals surface area contributed by atoms with Crippen LogP contribution < -0.4 is 16.1 Å². The molecular formula is C14H21N5O3. The highest BCUT2D eigenvalue weighted by Gasteiger charge is 2.27. The molecule has 120 valence electrons. The number of hydrogen-bond acceptors (Lipinski definition) is 6. The van der Waals surface area contributed by atoms with Crippen LogP contribution in [0.3, 0.4) is 0 Å². The van der Waals surface area contributed by atoms with Gasteiger partial charge in [-0.25, -0.2) is 4.79 Å². The SMILES string of the molecule is CN(C)CC1CN(c2c(C#N)c(=O)n(C)c(=O)n2C)CCO1. The number of aromatic nitrogens is 2. The zero-order chi connectivity index (χ0) is 16.4. The first-order chi connectivity index (χ1) is 10.4. The first-order valence-corrected chi connectivity index (χ1v) is 7.08. The number of nitriles is 1. The highest BCUT2D eigenvalue weighted by Crippen LogP contribution is 2.18. The molecular weight excluding hydrogens is 286 g/mol. The lowest BCUT2D eigenvalue weighted by atomic mass is 10.2. The van der Waals surface area contributed by atoms with Crippen LogP contribution in [0.5, 0.6) is 0 Å². The highest BCUT2D eigenvalue weighted by molar-refractivity contribution is 5.53. The Bertz CT molecular complexity index is 713. The third-order valence-corrected chi connectivity index (χ3v) is 3.75. The van der Waals surface area contributed by atoms with Crippen molar-refractivity contribution in [1.29, 1.82) is 5.26 Å². The van der Waals surface area contributed by atoms with E-state index in [0.29, 0.717) is 25.5 Å². The molecule has 22 heavy (non-hydrogen) atoms. The Morgan fingerprint density at radius 3 is 2.59 bits per heavy atom. The molecule has 1 aromatic heterocycles. The fourth-order valence-electron chi connectivity index (χ4n) is 2.73. The summed E-state index contributed by atoms with van der Waals surface area (Å²) in [5, 5.41) is 9.34. The highest BCUT2D eigenvalue weighted by atomic mass is 16.5. The summed E-state index contributed by atoms with van der Waals surface area (Å²) < 4.78 is 8.02. The summed E-state index contributed by atoms with van der Waals surface area (Å²) in [7, 11) is 6.87. The molecule has 0 bridgehead atoms. The van der Waals surface area contributed by atoms with Crippen LogP contribution in [0.4, 0.5) is 5.82 Å². The Morgan fingerprint density at radius 2 is 2.00 bits per heavy atom. The van der Waals surface area contributed by atoms with Crippen LogP contribution in [-0.4, -0.2) is 60.5 Å². The average Bonchev–Trinajstić information content (AvgIpc) is 2.48. The smallest absolute Gasteiger partial charge is 0.332 e. The van der Waals surface area contributed by atoms with Crippen LogP contribution in [0.25, 0.3) is 0 Å². The molecule has 1 atom stereocenters. The second-order valence-electron chi connectivity index (χ2n) is 5.72. The topological polar surface area (TPSA) is 83.5 Å². The van der Waals surface area contributed by atoms with Gasteiger partial charge in [0, 0.05) is 33.7 Å². The quantitative estimate of drug-likeness (QED) is 0.692. The molecule has 2 heterocycles. The number of hydrogen-bond donors (Lipinski definition) is 0. The Kier molecular flexibility index (Phi) is 4.68. The summed E-state index contributed by atoms with van der Waals surface area (Å²) in [5.41, 5.74) is -0.999. The van der Waals surface area contributed by atoms with E-state index in [0.717, 1.165) is 11.1 Å². The van der Waals surface area contributed by atoms with E-state index >= 15 is 0 Å². The molecule has 0 amide bonds. The van der Waals surface area contributed by atoms with E-state index in [9.17, 15) is 14.9 Å². The van der Waals surface area contributed by atoms with Gasteiger partial charge in [0.15, 0.2) is 5.56 Å². The van der Waals surface area contributed by atoms with Crippen LogP contribution in [-0.2, 0) is 18.8 Å². The van der Waals surface area contributed by atoms with Crippen molar-refractivity contribution in [2.45, 2.75) is 6.10 Å². The molecule has 0 N–H and O–H groups in total. The van der Waals surface area contributed by atoms with Gasteiger partial charge in [-0.1, -0.05) is 0 Å². The monoisotopic (exact) mass is 307 g/mol.